The quantitative estimate of drug-likeness (QED) is 0.624. The van der Waals surface area contributed by atoms with Gasteiger partial charge in [-0.15, -0.1) is 0 Å². The van der Waals surface area contributed by atoms with E-state index in [1.165, 1.54) is 22.9 Å². The minimum Gasteiger partial charge on any atom is -0.373 e. The van der Waals surface area contributed by atoms with Gasteiger partial charge in [0, 0.05) is 19.7 Å². The summed E-state index contributed by atoms with van der Waals surface area (Å²) in [5.74, 6) is 2.23. The van der Waals surface area contributed by atoms with Crippen LogP contribution >= 0.6 is 11.8 Å². The van der Waals surface area contributed by atoms with E-state index in [9.17, 15) is 0 Å². The molecule has 4 nitrogen and oxygen atoms in total. The highest BCUT2D eigenvalue weighted by Crippen LogP contribution is 2.18. The molecule has 0 bridgehead atoms. The topological polar surface area (TPSA) is 49.8 Å². The van der Waals surface area contributed by atoms with Crippen molar-refractivity contribution < 1.29 is 0 Å². The van der Waals surface area contributed by atoms with Gasteiger partial charge in [-0.25, -0.2) is 9.97 Å². The number of aromatic nitrogens is 2. The second-order valence-corrected chi connectivity index (χ2v) is 5.90. The number of benzene rings is 1. The maximum atomic E-state index is 4.46. The van der Waals surface area contributed by atoms with Crippen molar-refractivity contribution in [1.29, 1.82) is 0 Å². The molecule has 0 aliphatic heterocycles. The standard InChI is InChI=1S/C16H22N4S/c1-11(2)13-7-5-12(6-8-13)10-18-15-9-14(17-3)19-16(20-15)21-4/h5-9,11H,10H2,1-4H3,(H2,17,18,19,20). The summed E-state index contributed by atoms with van der Waals surface area (Å²) in [6.45, 7) is 5.17. The lowest BCUT2D eigenvalue weighted by Crippen LogP contribution is -2.04. The third-order valence-corrected chi connectivity index (χ3v) is 3.81. The molecule has 2 rings (SSSR count). The van der Waals surface area contributed by atoms with Crippen LogP contribution in [0.15, 0.2) is 35.5 Å². The van der Waals surface area contributed by atoms with E-state index in [1.807, 2.05) is 19.4 Å². The van der Waals surface area contributed by atoms with Gasteiger partial charge in [0.1, 0.15) is 11.6 Å². The van der Waals surface area contributed by atoms with Gasteiger partial charge in [-0.1, -0.05) is 49.9 Å². The monoisotopic (exact) mass is 302 g/mol. The van der Waals surface area contributed by atoms with Crippen LogP contribution in [0.1, 0.15) is 30.9 Å². The van der Waals surface area contributed by atoms with Gasteiger partial charge >= 0.3 is 0 Å². The minimum absolute atomic E-state index is 0.566. The van der Waals surface area contributed by atoms with E-state index in [1.54, 1.807) is 0 Å². The Labute approximate surface area is 130 Å². The zero-order chi connectivity index (χ0) is 15.2. The highest BCUT2D eigenvalue weighted by Gasteiger charge is 2.03. The van der Waals surface area contributed by atoms with E-state index in [4.69, 9.17) is 0 Å². The van der Waals surface area contributed by atoms with Crippen LogP contribution in [0.2, 0.25) is 0 Å². The maximum Gasteiger partial charge on any atom is 0.191 e. The van der Waals surface area contributed by atoms with Gasteiger partial charge in [-0.05, 0) is 23.3 Å². The van der Waals surface area contributed by atoms with E-state index >= 15 is 0 Å². The van der Waals surface area contributed by atoms with Crippen LogP contribution < -0.4 is 10.6 Å². The molecule has 0 fully saturated rings. The molecule has 1 aromatic carbocycles. The Morgan fingerprint density at radius 2 is 1.76 bits per heavy atom. The summed E-state index contributed by atoms with van der Waals surface area (Å²) in [6.07, 6.45) is 1.98. The summed E-state index contributed by atoms with van der Waals surface area (Å²) in [4.78, 5) is 8.82. The summed E-state index contributed by atoms with van der Waals surface area (Å²) in [6, 6.07) is 10.6. The van der Waals surface area contributed by atoms with Crippen molar-refractivity contribution in [3.05, 3.63) is 41.5 Å². The van der Waals surface area contributed by atoms with Crippen molar-refractivity contribution in [3.63, 3.8) is 0 Å². The molecule has 112 valence electrons. The van der Waals surface area contributed by atoms with Crippen molar-refractivity contribution in [1.82, 2.24) is 9.97 Å². The SMILES string of the molecule is CNc1cc(NCc2ccc(C(C)C)cc2)nc(SC)n1. The normalized spacial score (nSPS) is 10.7. The summed E-state index contributed by atoms with van der Waals surface area (Å²) in [5.41, 5.74) is 2.61. The lowest BCUT2D eigenvalue weighted by molar-refractivity contribution is 0.865. The molecule has 21 heavy (non-hydrogen) atoms. The first-order chi connectivity index (χ1) is 10.1. The highest BCUT2D eigenvalue weighted by molar-refractivity contribution is 7.98. The van der Waals surface area contributed by atoms with Crippen LogP contribution in [0.5, 0.6) is 0 Å². The molecule has 1 aromatic heterocycles. The smallest absolute Gasteiger partial charge is 0.191 e. The molecule has 0 aliphatic rings. The lowest BCUT2D eigenvalue weighted by atomic mass is 10.0. The third-order valence-electron chi connectivity index (χ3n) is 3.26. The summed E-state index contributed by atoms with van der Waals surface area (Å²) in [5, 5.41) is 7.17. The fraction of sp³-hybridized carbons (Fsp3) is 0.375. The largest absolute Gasteiger partial charge is 0.373 e. The van der Waals surface area contributed by atoms with E-state index in [0.29, 0.717) is 5.92 Å². The Kier molecular flexibility index (Phi) is 5.44. The van der Waals surface area contributed by atoms with Gasteiger partial charge in [0.25, 0.3) is 0 Å². The van der Waals surface area contributed by atoms with E-state index < -0.39 is 0 Å². The van der Waals surface area contributed by atoms with Crippen molar-refractivity contribution in [2.45, 2.75) is 31.5 Å². The molecule has 0 amide bonds. The predicted molar refractivity (Wildman–Crippen MR) is 91.2 cm³/mol. The van der Waals surface area contributed by atoms with Crippen LogP contribution in [0.4, 0.5) is 11.6 Å². The molecule has 5 heteroatoms. The molecule has 0 saturated carbocycles. The molecule has 0 atom stereocenters. The fourth-order valence-corrected chi connectivity index (χ4v) is 2.33. The second kappa shape index (κ2) is 7.31. The molecule has 0 saturated heterocycles. The molecular weight excluding hydrogens is 280 g/mol. The number of hydrogen-bond acceptors (Lipinski definition) is 5. The molecule has 0 spiro atoms. The number of thioether (sulfide) groups is 1. The first-order valence-electron chi connectivity index (χ1n) is 7.06. The minimum atomic E-state index is 0.566. The zero-order valence-corrected chi connectivity index (χ0v) is 13.8. The number of anilines is 2. The van der Waals surface area contributed by atoms with Crippen molar-refractivity contribution in [2.24, 2.45) is 0 Å². The van der Waals surface area contributed by atoms with Crippen molar-refractivity contribution in [2.75, 3.05) is 23.9 Å². The predicted octanol–water partition coefficient (Wildman–Crippen LogP) is 3.98. The maximum absolute atomic E-state index is 4.46. The van der Waals surface area contributed by atoms with Gasteiger partial charge in [-0.3, -0.25) is 0 Å². The van der Waals surface area contributed by atoms with Gasteiger partial charge < -0.3 is 10.6 Å². The van der Waals surface area contributed by atoms with Gasteiger partial charge in [0.2, 0.25) is 0 Å². The highest BCUT2D eigenvalue weighted by atomic mass is 32.2. The van der Waals surface area contributed by atoms with E-state index in [2.05, 4.69) is 58.7 Å². The van der Waals surface area contributed by atoms with E-state index in [-0.39, 0.29) is 0 Å². The fourth-order valence-electron chi connectivity index (χ4n) is 1.95. The number of hydrogen-bond donors (Lipinski definition) is 2. The molecule has 2 N–H and O–H groups in total. The van der Waals surface area contributed by atoms with Crippen LogP contribution in [0.3, 0.4) is 0 Å². The number of nitrogens with one attached hydrogen (secondary N) is 2. The lowest BCUT2D eigenvalue weighted by Gasteiger charge is -2.10. The van der Waals surface area contributed by atoms with Crippen LogP contribution in [-0.4, -0.2) is 23.3 Å². The first-order valence-corrected chi connectivity index (χ1v) is 8.28. The molecule has 0 aliphatic carbocycles. The Bertz CT molecular complexity index is 559. The van der Waals surface area contributed by atoms with Crippen molar-refractivity contribution >= 4 is 23.4 Å². The van der Waals surface area contributed by atoms with Crippen LogP contribution in [-0.2, 0) is 6.54 Å². The van der Waals surface area contributed by atoms with Crippen LogP contribution in [0.25, 0.3) is 0 Å². The van der Waals surface area contributed by atoms with Gasteiger partial charge in [0.15, 0.2) is 5.16 Å². The summed E-state index contributed by atoms with van der Waals surface area (Å²) in [7, 11) is 1.86. The first kappa shape index (κ1) is 15.6. The van der Waals surface area contributed by atoms with Gasteiger partial charge in [0.05, 0.1) is 0 Å². The average Bonchev–Trinajstić information content (AvgIpc) is 2.52. The van der Waals surface area contributed by atoms with Crippen LogP contribution in [0, 0.1) is 0 Å². The van der Waals surface area contributed by atoms with E-state index in [0.717, 1.165) is 23.3 Å². The molecular formula is C16H22N4S. The third kappa shape index (κ3) is 4.36. The Morgan fingerprint density at radius 3 is 2.33 bits per heavy atom. The Hall–Kier alpha value is -1.75. The summed E-state index contributed by atoms with van der Waals surface area (Å²) >= 11 is 1.54. The zero-order valence-electron chi connectivity index (χ0n) is 13.0. The Balaban J connectivity index is 2.05. The molecule has 0 unspecified atom stereocenters. The molecule has 1 heterocycles. The summed E-state index contributed by atoms with van der Waals surface area (Å²) < 4.78 is 0. The van der Waals surface area contributed by atoms with Gasteiger partial charge in [-0.2, -0.15) is 0 Å². The number of rotatable bonds is 6. The average molecular weight is 302 g/mol. The van der Waals surface area contributed by atoms with Crippen molar-refractivity contribution in [3.8, 4) is 0 Å². The molecule has 0 radical (unpaired) electrons. The Morgan fingerprint density at radius 1 is 1.10 bits per heavy atom. The second-order valence-electron chi connectivity index (χ2n) is 5.12. The number of nitrogens with zero attached hydrogens (tertiary/aromatic N) is 2. The molecule has 2 aromatic rings.